The summed E-state index contributed by atoms with van der Waals surface area (Å²) in [5.74, 6) is 1.23. The monoisotopic (exact) mass is 594 g/mol. The first-order valence-electron chi connectivity index (χ1n) is 13.9. The van der Waals surface area contributed by atoms with Crippen molar-refractivity contribution in [3.63, 3.8) is 0 Å². The number of benzene rings is 2. The van der Waals surface area contributed by atoms with Crippen LogP contribution in [0.1, 0.15) is 71.7 Å². The fraction of sp³-hybridized carbons (Fsp3) is 0.400. The van der Waals surface area contributed by atoms with Crippen molar-refractivity contribution in [1.82, 2.24) is 15.3 Å². The van der Waals surface area contributed by atoms with E-state index in [0.29, 0.717) is 56.8 Å². The normalized spacial score (nSPS) is 21.9. The molecule has 1 saturated carbocycles. The highest BCUT2D eigenvalue weighted by atomic mass is 35.5. The van der Waals surface area contributed by atoms with Crippen LogP contribution in [0.2, 0.25) is 10.0 Å². The molecule has 2 aliphatic heterocycles. The van der Waals surface area contributed by atoms with Crippen LogP contribution >= 0.6 is 23.2 Å². The molecule has 4 heterocycles. The first kappa shape index (κ1) is 26.5. The van der Waals surface area contributed by atoms with Crippen molar-refractivity contribution in [2.45, 2.75) is 76.2 Å². The maximum Gasteiger partial charge on any atom is 0.335 e. The molecule has 0 amide bonds. The second-order valence-electron chi connectivity index (χ2n) is 11.2. The molecule has 41 heavy (non-hydrogen) atoms. The minimum Gasteiger partial charge on any atom is -0.478 e. The zero-order valence-electron chi connectivity index (χ0n) is 22.3. The van der Waals surface area contributed by atoms with Crippen LogP contribution in [0.15, 0.2) is 45.4 Å². The van der Waals surface area contributed by atoms with Crippen LogP contribution in [-0.4, -0.2) is 44.6 Å². The second-order valence-corrected chi connectivity index (χ2v) is 12.0. The van der Waals surface area contributed by atoms with Crippen molar-refractivity contribution < 1.29 is 23.7 Å². The van der Waals surface area contributed by atoms with Crippen LogP contribution in [0.5, 0.6) is 0 Å². The number of anilines is 1. The predicted molar refractivity (Wildman–Crippen MR) is 152 cm³/mol. The Balaban J connectivity index is 1.07. The molecule has 4 aromatic rings. The summed E-state index contributed by atoms with van der Waals surface area (Å²) in [6.45, 7) is 2.14. The molecule has 2 aromatic heterocycles. The van der Waals surface area contributed by atoms with Crippen molar-refractivity contribution in [3.05, 3.63) is 68.9 Å². The van der Waals surface area contributed by atoms with Gasteiger partial charge in [-0.3, -0.25) is 0 Å². The number of hydrogen-bond donors (Lipinski definition) is 1. The molecular weight excluding hydrogens is 567 g/mol. The number of halogens is 2. The molecule has 2 saturated heterocycles. The number of carboxylic acids is 1. The molecule has 2 bridgehead atoms. The molecule has 7 rings (SSSR count). The lowest BCUT2D eigenvalue weighted by Crippen LogP contribution is -2.46. The number of aromatic carboxylic acids is 1. The lowest BCUT2D eigenvalue weighted by molar-refractivity contribution is 0.0144. The number of carbonyl (C=O) groups is 1. The van der Waals surface area contributed by atoms with Crippen molar-refractivity contribution in [2.24, 2.45) is 0 Å². The fourth-order valence-corrected chi connectivity index (χ4v) is 6.89. The third-order valence-corrected chi connectivity index (χ3v) is 9.10. The lowest BCUT2D eigenvalue weighted by Gasteiger charge is -2.37. The summed E-state index contributed by atoms with van der Waals surface area (Å²) in [5.41, 5.74) is 3.88. The van der Waals surface area contributed by atoms with E-state index in [9.17, 15) is 9.90 Å². The highest BCUT2D eigenvalue weighted by molar-refractivity contribution is 6.39. The fourth-order valence-electron chi connectivity index (χ4n) is 6.31. The third-order valence-electron chi connectivity index (χ3n) is 8.47. The molecule has 3 fully saturated rings. The van der Waals surface area contributed by atoms with Crippen molar-refractivity contribution >= 4 is 35.1 Å². The van der Waals surface area contributed by atoms with Gasteiger partial charge in [0.2, 0.25) is 0 Å². The van der Waals surface area contributed by atoms with Crippen molar-refractivity contribution in [2.75, 3.05) is 4.90 Å². The Morgan fingerprint density at radius 2 is 1.78 bits per heavy atom. The molecule has 9 nitrogen and oxygen atoms in total. The van der Waals surface area contributed by atoms with Crippen molar-refractivity contribution in [3.8, 4) is 22.7 Å². The molecule has 0 radical (unpaired) electrons. The number of carboxylic acid groups (broad SMARTS) is 1. The van der Waals surface area contributed by atoms with Gasteiger partial charge in [0.1, 0.15) is 11.5 Å². The summed E-state index contributed by atoms with van der Waals surface area (Å²) < 4.78 is 18.0. The van der Waals surface area contributed by atoms with E-state index < -0.39 is 5.97 Å². The minimum atomic E-state index is -0.960. The Morgan fingerprint density at radius 3 is 2.44 bits per heavy atom. The van der Waals surface area contributed by atoms with Gasteiger partial charge in [0.25, 0.3) is 11.8 Å². The maximum absolute atomic E-state index is 11.4. The Morgan fingerprint density at radius 1 is 1.05 bits per heavy atom. The topological polar surface area (TPSA) is 115 Å². The van der Waals surface area contributed by atoms with E-state index in [2.05, 4.69) is 20.2 Å². The molecule has 3 aliphatic rings. The summed E-state index contributed by atoms with van der Waals surface area (Å²) in [7, 11) is 0. The predicted octanol–water partition coefficient (Wildman–Crippen LogP) is 7.30. The number of piperidine rings is 1. The zero-order chi connectivity index (χ0) is 28.2. The number of rotatable bonds is 8. The number of nitrogens with zero attached hydrogens (tertiary/aromatic N) is 4. The standard InChI is InChI=1S/C30H28Cl2N4O5/c1-15-11-17(7-10-21(15)29(37)38)28-33-30(35-41-28)36-18-8-9-19(36)13-20(12-18)39-14-22-26(34-40-27(22)16-5-6-16)25-23(31)3-2-4-24(25)32/h2-4,7,10-11,16,18-20H,5-6,8-9,12-14H2,1H3,(H,37,38)/t18-,19+,20?. The van der Waals surface area contributed by atoms with E-state index in [-0.39, 0.29) is 23.8 Å². The van der Waals surface area contributed by atoms with E-state index in [0.717, 1.165) is 49.8 Å². The summed E-state index contributed by atoms with van der Waals surface area (Å²) in [6.07, 6.45) is 5.98. The van der Waals surface area contributed by atoms with E-state index in [1.807, 2.05) is 18.2 Å². The quantitative estimate of drug-likeness (QED) is 0.224. The van der Waals surface area contributed by atoms with Crippen LogP contribution in [-0.2, 0) is 11.3 Å². The third kappa shape index (κ3) is 4.90. The molecule has 1 aliphatic carbocycles. The van der Waals surface area contributed by atoms with Gasteiger partial charge in [0.05, 0.1) is 28.3 Å². The van der Waals surface area contributed by atoms with Gasteiger partial charge in [-0.15, -0.1) is 0 Å². The second kappa shape index (κ2) is 10.5. The molecule has 0 spiro atoms. The van der Waals surface area contributed by atoms with Crippen LogP contribution in [0.4, 0.5) is 5.95 Å². The zero-order valence-corrected chi connectivity index (χ0v) is 23.9. The van der Waals surface area contributed by atoms with Crippen LogP contribution < -0.4 is 4.90 Å². The first-order chi connectivity index (χ1) is 19.9. The van der Waals surface area contributed by atoms with E-state index in [1.54, 1.807) is 25.1 Å². The summed E-state index contributed by atoms with van der Waals surface area (Å²) >= 11 is 13.0. The van der Waals surface area contributed by atoms with Gasteiger partial charge >= 0.3 is 5.97 Å². The Bertz CT molecular complexity index is 1600. The molecule has 212 valence electrons. The van der Waals surface area contributed by atoms with Gasteiger partial charge in [-0.1, -0.05) is 34.4 Å². The summed E-state index contributed by atoms with van der Waals surface area (Å²) in [5, 5.41) is 19.1. The summed E-state index contributed by atoms with van der Waals surface area (Å²) in [6, 6.07) is 10.9. The van der Waals surface area contributed by atoms with Gasteiger partial charge in [-0.25, -0.2) is 4.79 Å². The Hall–Kier alpha value is -3.40. The number of ether oxygens (including phenoxy) is 1. The van der Waals surface area contributed by atoms with Crippen LogP contribution in [0.3, 0.4) is 0 Å². The average molecular weight is 595 g/mol. The van der Waals surface area contributed by atoms with Gasteiger partial charge < -0.3 is 23.8 Å². The highest BCUT2D eigenvalue weighted by Crippen LogP contribution is 2.47. The molecule has 1 unspecified atom stereocenters. The van der Waals surface area contributed by atoms with Gasteiger partial charge in [0, 0.05) is 34.7 Å². The molecule has 11 heteroatoms. The Labute approximate surface area is 246 Å². The first-order valence-corrected chi connectivity index (χ1v) is 14.6. The molecule has 3 atom stereocenters. The molecule has 2 aromatic carbocycles. The van der Waals surface area contributed by atoms with Gasteiger partial charge in [0.15, 0.2) is 0 Å². The average Bonchev–Trinajstić information content (AvgIpc) is 3.41. The van der Waals surface area contributed by atoms with E-state index >= 15 is 0 Å². The van der Waals surface area contributed by atoms with Crippen molar-refractivity contribution in [1.29, 1.82) is 0 Å². The van der Waals surface area contributed by atoms with Crippen LogP contribution in [0.25, 0.3) is 22.7 Å². The number of aryl methyl sites for hydroxylation is 1. The number of hydrogen-bond acceptors (Lipinski definition) is 8. The number of aromatic nitrogens is 3. The molecular formula is C30H28Cl2N4O5. The molecule has 1 N–H and O–H groups in total. The number of fused-ring (bicyclic) bond motifs is 2. The smallest absolute Gasteiger partial charge is 0.335 e. The lowest BCUT2D eigenvalue weighted by atomic mass is 9.99. The minimum absolute atomic E-state index is 0.0675. The van der Waals surface area contributed by atoms with E-state index in [1.165, 1.54) is 0 Å². The largest absolute Gasteiger partial charge is 0.478 e. The van der Waals surface area contributed by atoms with Gasteiger partial charge in [-0.2, -0.15) is 4.98 Å². The SMILES string of the molecule is Cc1cc(-c2nc(N3[C@@H]4CC[C@H]3CC(OCc3c(-c5c(Cl)cccc5Cl)noc3C3CC3)C4)no2)ccc1C(=O)O. The highest BCUT2D eigenvalue weighted by Gasteiger charge is 2.43. The van der Waals surface area contributed by atoms with Gasteiger partial charge in [-0.05, 0) is 86.5 Å². The van der Waals surface area contributed by atoms with Crippen LogP contribution in [0, 0.1) is 6.92 Å². The van der Waals surface area contributed by atoms with E-state index in [4.69, 9.17) is 37.0 Å². The Kier molecular flexibility index (Phi) is 6.76. The summed E-state index contributed by atoms with van der Waals surface area (Å²) in [4.78, 5) is 18.3. The maximum atomic E-state index is 11.4.